The number of likely N-dealkylation sites (tertiary alicyclic amines) is 1. The number of aliphatic carboxylic acids is 1. The summed E-state index contributed by atoms with van der Waals surface area (Å²) >= 11 is 0. The molecular formula is C16H25NO3. The van der Waals surface area contributed by atoms with Crippen LogP contribution >= 0.6 is 0 Å². The van der Waals surface area contributed by atoms with Gasteiger partial charge in [0.1, 0.15) is 0 Å². The van der Waals surface area contributed by atoms with Crippen LogP contribution in [0.5, 0.6) is 0 Å². The van der Waals surface area contributed by atoms with Crippen LogP contribution in [0.1, 0.15) is 51.9 Å². The molecule has 2 aliphatic carbocycles. The van der Waals surface area contributed by atoms with Gasteiger partial charge >= 0.3 is 5.97 Å². The summed E-state index contributed by atoms with van der Waals surface area (Å²) in [5.41, 5.74) is 0.319. The molecule has 3 aliphatic rings. The van der Waals surface area contributed by atoms with Crippen molar-refractivity contribution in [3.8, 4) is 0 Å². The Kier molecular flexibility index (Phi) is 3.51. The number of carboxylic acid groups (broad SMARTS) is 1. The predicted molar refractivity (Wildman–Crippen MR) is 75.1 cm³/mol. The first kappa shape index (κ1) is 13.9. The Balaban J connectivity index is 1.66. The van der Waals surface area contributed by atoms with Gasteiger partial charge in [-0.3, -0.25) is 9.59 Å². The Morgan fingerprint density at radius 1 is 1.15 bits per heavy atom. The second kappa shape index (κ2) is 5.05. The summed E-state index contributed by atoms with van der Waals surface area (Å²) < 4.78 is 0. The highest BCUT2D eigenvalue weighted by Crippen LogP contribution is 2.48. The first-order valence-corrected chi connectivity index (χ1v) is 8.05. The fraction of sp³-hybridized carbons (Fsp3) is 0.875. The van der Waals surface area contributed by atoms with Gasteiger partial charge in [-0.15, -0.1) is 0 Å². The SMILES string of the molecule is CC1CCN(C(=O)C2CC2C(=O)O)CC12CCCCC2. The summed E-state index contributed by atoms with van der Waals surface area (Å²) in [6.07, 6.45) is 8.01. The number of nitrogens with zero attached hydrogens (tertiary/aromatic N) is 1. The van der Waals surface area contributed by atoms with Crippen molar-refractivity contribution in [1.29, 1.82) is 0 Å². The van der Waals surface area contributed by atoms with Crippen molar-refractivity contribution in [2.24, 2.45) is 23.2 Å². The number of hydrogen-bond donors (Lipinski definition) is 1. The smallest absolute Gasteiger partial charge is 0.307 e. The number of piperidine rings is 1. The van der Waals surface area contributed by atoms with Gasteiger partial charge in [-0.1, -0.05) is 26.2 Å². The standard InChI is InChI=1S/C16H25NO3/c1-11-5-8-17(10-16(11)6-3-2-4-7-16)14(18)12-9-13(12)15(19)20/h11-13H,2-10H2,1H3,(H,19,20). The van der Waals surface area contributed by atoms with Crippen LogP contribution in [-0.2, 0) is 9.59 Å². The predicted octanol–water partition coefficient (Wildman–Crippen LogP) is 2.53. The maximum absolute atomic E-state index is 12.5. The average molecular weight is 279 g/mol. The summed E-state index contributed by atoms with van der Waals surface area (Å²) in [7, 11) is 0. The fourth-order valence-corrected chi connectivity index (χ4v) is 4.34. The Morgan fingerprint density at radius 3 is 2.45 bits per heavy atom. The lowest BCUT2D eigenvalue weighted by atomic mass is 9.63. The van der Waals surface area contributed by atoms with Crippen molar-refractivity contribution in [3.05, 3.63) is 0 Å². The van der Waals surface area contributed by atoms with E-state index >= 15 is 0 Å². The van der Waals surface area contributed by atoms with Crippen LogP contribution in [0.4, 0.5) is 0 Å². The third-order valence-electron chi connectivity index (χ3n) is 5.97. The number of carbonyl (C=O) groups is 2. The fourth-order valence-electron chi connectivity index (χ4n) is 4.34. The molecule has 0 aromatic carbocycles. The highest BCUT2D eigenvalue weighted by Gasteiger charge is 2.52. The molecule has 4 nitrogen and oxygen atoms in total. The molecular weight excluding hydrogens is 254 g/mol. The zero-order valence-electron chi connectivity index (χ0n) is 12.3. The molecule has 4 heteroatoms. The molecule has 20 heavy (non-hydrogen) atoms. The van der Waals surface area contributed by atoms with Gasteiger partial charge in [0.05, 0.1) is 11.8 Å². The Morgan fingerprint density at radius 2 is 1.85 bits per heavy atom. The molecule has 3 unspecified atom stereocenters. The van der Waals surface area contributed by atoms with E-state index in [1.54, 1.807) is 0 Å². The highest BCUT2D eigenvalue weighted by molar-refractivity contribution is 5.89. The number of hydrogen-bond acceptors (Lipinski definition) is 2. The summed E-state index contributed by atoms with van der Waals surface area (Å²) in [5.74, 6) is -0.651. The Labute approximate surface area is 120 Å². The number of carbonyl (C=O) groups excluding carboxylic acids is 1. The van der Waals surface area contributed by atoms with Crippen LogP contribution in [0.25, 0.3) is 0 Å². The Bertz CT molecular complexity index is 414. The maximum Gasteiger partial charge on any atom is 0.307 e. The third-order valence-corrected chi connectivity index (χ3v) is 5.97. The second-order valence-electron chi connectivity index (χ2n) is 7.16. The van der Waals surface area contributed by atoms with Gasteiger partial charge in [0.15, 0.2) is 0 Å². The minimum atomic E-state index is -0.805. The maximum atomic E-state index is 12.5. The lowest BCUT2D eigenvalue weighted by Crippen LogP contribution is -2.51. The lowest BCUT2D eigenvalue weighted by Gasteiger charge is -2.49. The minimum absolute atomic E-state index is 0.106. The van der Waals surface area contributed by atoms with Crippen molar-refractivity contribution in [3.63, 3.8) is 0 Å². The van der Waals surface area contributed by atoms with Gasteiger partial charge in [-0.05, 0) is 37.0 Å². The molecule has 0 aromatic heterocycles. The van der Waals surface area contributed by atoms with E-state index in [4.69, 9.17) is 5.11 Å². The van der Waals surface area contributed by atoms with Gasteiger partial charge in [0, 0.05) is 13.1 Å². The molecule has 1 amide bonds. The van der Waals surface area contributed by atoms with Crippen LogP contribution in [-0.4, -0.2) is 35.0 Å². The van der Waals surface area contributed by atoms with Crippen LogP contribution in [0, 0.1) is 23.2 Å². The van der Waals surface area contributed by atoms with E-state index in [1.807, 2.05) is 4.90 Å². The molecule has 3 rings (SSSR count). The molecule has 1 spiro atoms. The molecule has 0 aromatic rings. The topological polar surface area (TPSA) is 57.6 Å². The van der Waals surface area contributed by atoms with E-state index < -0.39 is 11.9 Å². The molecule has 1 aliphatic heterocycles. The van der Waals surface area contributed by atoms with Crippen LogP contribution in [0.2, 0.25) is 0 Å². The molecule has 3 atom stereocenters. The first-order chi connectivity index (χ1) is 9.53. The molecule has 1 N–H and O–H groups in total. The molecule has 0 bridgehead atoms. The molecule has 1 heterocycles. The average Bonchev–Trinajstić information content (AvgIpc) is 3.23. The van der Waals surface area contributed by atoms with Crippen LogP contribution in [0.3, 0.4) is 0 Å². The molecule has 2 saturated carbocycles. The number of rotatable bonds is 2. The Hall–Kier alpha value is -1.06. The zero-order chi connectivity index (χ0) is 14.3. The minimum Gasteiger partial charge on any atom is -0.481 e. The van der Waals surface area contributed by atoms with Crippen molar-refractivity contribution >= 4 is 11.9 Å². The van der Waals surface area contributed by atoms with E-state index in [9.17, 15) is 9.59 Å². The molecule has 112 valence electrons. The van der Waals surface area contributed by atoms with Gasteiger partial charge in [-0.25, -0.2) is 0 Å². The summed E-state index contributed by atoms with van der Waals surface area (Å²) in [4.78, 5) is 25.4. The van der Waals surface area contributed by atoms with Gasteiger partial charge in [-0.2, -0.15) is 0 Å². The number of amides is 1. The van der Waals surface area contributed by atoms with E-state index in [-0.39, 0.29) is 11.8 Å². The van der Waals surface area contributed by atoms with Gasteiger partial charge in [0.25, 0.3) is 0 Å². The summed E-state index contributed by atoms with van der Waals surface area (Å²) in [6.45, 7) is 4.03. The largest absolute Gasteiger partial charge is 0.481 e. The van der Waals surface area contributed by atoms with Crippen molar-refractivity contribution in [2.75, 3.05) is 13.1 Å². The molecule has 3 fully saturated rings. The highest BCUT2D eigenvalue weighted by atomic mass is 16.4. The van der Waals surface area contributed by atoms with E-state index in [0.717, 1.165) is 19.5 Å². The van der Waals surface area contributed by atoms with Crippen LogP contribution < -0.4 is 0 Å². The molecule has 1 saturated heterocycles. The van der Waals surface area contributed by atoms with Crippen molar-refractivity contribution in [1.82, 2.24) is 4.90 Å². The van der Waals surface area contributed by atoms with Crippen molar-refractivity contribution < 1.29 is 14.7 Å². The van der Waals surface area contributed by atoms with E-state index in [1.165, 1.54) is 32.1 Å². The second-order valence-corrected chi connectivity index (χ2v) is 7.16. The number of carboxylic acids is 1. The van der Waals surface area contributed by atoms with Gasteiger partial charge in [0.2, 0.25) is 5.91 Å². The normalized spacial score (nSPS) is 35.9. The first-order valence-electron chi connectivity index (χ1n) is 8.05. The van der Waals surface area contributed by atoms with Gasteiger partial charge < -0.3 is 10.0 Å². The quantitative estimate of drug-likeness (QED) is 0.845. The van der Waals surface area contributed by atoms with E-state index in [2.05, 4.69) is 6.92 Å². The third kappa shape index (κ3) is 2.33. The monoisotopic (exact) mass is 279 g/mol. The summed E-state index contributed by atoms with van der Waals surface area (Å²) in [6, 6.07) is 0. The van der Waals surface area contributed by atoms with E-state index in [0.29, 0.717) is 17.8 Å². The summed E-state index contributed by atoms with van der Waals surface area (Å²) in [5, 5.41) is 8.98. The lowest BCUT2D eigenvalue weighted by molar-refractivity contribution is -0.144. The molecule has 0 radical (unpaired) electrons. The zero-order valence-corrected chi connectivity index (χ0v) is 12.3. The van der Waals surface area contributed by atoms with Crippen LogP contribution in [0.15, 0.2) is 0 Å². The van der Waals surface area contributed by atoms with Crippen molar-refractivity contribution in [2.45, 2.75) is 51.9 Å².